The molecule has 1 aromatic rings. The van der Waals surface area contributed by atoms with Gasteiger partial charge < -0.3 is 9.84 Å². The van der Waals surface area contributed by atoms with Gasteiger partial charge in [-0.1, -0.05) is 6.08 Å². The number of ether oxygens (including phenoxy) is 1. The van der Waals surface area contributed by atoms with Gasteiger partial charge in [-0.05, 0) is 20.8 Å². The van der Waals surface area contributed by atoms with E-state index in [-0.39, 0.29) is 12.2 Å². The Labute approximate surface area is 120 Å². The van der Waals surface area contributed by atoms with E-state index in [9.17, 15) is 5.11 Å². The first kappa shape index (κ1) is 15.2. The number of aryl methyl sites for hydroxylation is 1. The molecule has 5 heteroatoms. The molecule has 1 saturated heterocycles. The molecule has 0 spiro atoms. The molecule has 1 aliphatic heterocycles. The highest BCUT2D eigenvalue weighted by molar-refractivity contribution is 5.16. The summed E-state index contributed by atoms with van der Waals surface area (Å²) in [6, 6.07) is 0. The summed E-state index contributed by atoms with van der Waals surface area (Å²) in [5.74, 6) is 0. The second kappa shape index (κ2) is 6.52. The number of aromatic nitrogens is 2. The van der Waals surface area contributed by atoms with Crippen molar-refractivity contribution >= 4 is 0 Å². The third-order valence-corrected chi connectivity index (χ3v) is 3.52. The summed E-state index contributed by atoms with van der Waals surface area (Å²) in [5.41, 5.74) is 2.24. The van der Waals surface area contributed by atoms with Crippen LogP contribution in [0.4, 0.5) is 0 Å². The zero-order chi connectivity index (χ0) is 14.7. The van der Waals surface area contributed by atoms with E-state index in [4.69, 9.17) is 4.74 Å². The summed E-state index contributed by atoms with van der Waals surface area (Å²) in [4.78, 5) is 2.22. The number of aliphatic hydroxyl groups is 1. The second-order valence-electron chi connectivity index (χ2n) is 5.74. The van der Waals surface area contributed by atoms with Gasteiger partial charge in [-0.3, -0.25) is 9.58 Å². The molecule has 1 aromatic heterocycles. The van der Waals surface area contributed by atoms with E-state index in [0.29, 0.717) is 6.54 Å². The van der Waals surface area contributed by atoms with Crippen molar-refractivity contribution in [3.05, 3.63) is 30.1 Å². The van der Waals surface area contributed by atoms with E-state index >= 15 is 0 Å². The molecule has 2 atom stereocenters. The fourth-order valence-electron chi connectivity index (χ4n) is 2.63. The van der Waals surface area contributed by atoms with Crippen molar-refractivity contribution in [3.8, 4) is 0 Å². The predicted octanol–water partition coefficient (Wildman–Crippen LogP) is 1.35. The highest BCUT2D eigenvalue weighted by Gasteiger charge is 2.32. The maximum absolute atomic E-state index is 10.0. The number of hydrogen-bond donors (Lipinski definition) is 1. The van der Waals surface area contributed by atoms with Crippen LogP contribution in [0.3, 0.4) is 0 Å². The van der Waals surface area contributed by atoms with Crippen molar-refractivity contribution in [2.75, 3.05) is 13.1 Å². The van der Waals surface area contributed by atoms with Crippen LogP contribution < -0.4 is 0 Å². The lowest BCUT2D eigenvalue weighted by Crippen LogP contribution is -2.29. The fourth-order valence-corrected chi connectivity index (χ4v) is 2.63. The first-order valence-electron chi connectivity index (χ1n) is 7.19. The summed E-state index contributed by atoms with van der Waals surface area (Å²) < 4.78 is 7.63. The molecule has 2 heterocycles. The van der Waals surface area contributed by atoms with Gasteiger partial charge in [0.2, 0.25) is 0 Å². The molecule has 0 aliphatic carbocycles. The largest absolute Gasteiger partial charge is 0.389 e. The Morgan fingerprint density at radius 2 is 2.30 bits per heavy atom. The average molecular weight is 279 g/mol. The van der Waals surface area contributed by atoms with Gasteiger partial charge in [0.1, 0.15) is 0 Å². The Kier molecular flexibility index (Phi) is 4.96. The summed E-state index contributed by atoms with van der Waals surface area (Å²) in [6.45, 7) is 12.7. The SMILES string of the molecule is C=CCn1cc(CN2C[C@H](OC(C)C)[C@@H](O)C2)c(C)n1. The third kappa shape index (κ3) is 3.69. The lowest BCUT2D eigenvalue weighted by molar-refractivity contribution is -0.0396. The first-order chi connectivity index (χ1) is 9.49. The van der Waals surface area contributed by atoms with E-state index < -0.39 is 6.10 Å². The van der Waals surface area contributed by atoms with Crippen molar-refractivity contribution in [2.45, 2.75) is 52.2 Å². The van der Waals surface area contributed by atoms with Crippen LogP contribution in [-0.4, -0.2) is 51.2 Å². The van der Waals surface area contributed by atoms with Crippen LogP contribution in [0.2, 0.25) is 0 Å². The summed E-state index contributed by atoms with van der Waals surface area (Å²) in [7, 11) is 0. The molecule has 5 nitrogen and oxygen atoms in total. The van der Waals surface area contributed by atoms with Crippen LogP contribution >= 0.6 is 0 Å². The molecule has 20 heavy (non-hydrogen) atoms. The summed E-state index contributed by atoms with van der Waals surface area (Å²) in [5, 5.41) is 14.5. The summed E-state index contributed by atoms with van der Waals surface area (Å²) >= 11 is 0. The number of nitrogens with zero attached hydrogens (tertiary/aromatic N) is 3. The van der Waals surface area contributed by atoms with Crippen LogP contribution in [-0.2, 0) is 17.8 Å². The zero-order valence-corrected chi connectivity index (χ0v) is 12.6. The van der Waals surface area contributed by atoms with Crippen molar-refractivity contribution in [3.63, 3.8) is 0 Å². The maximum atomic E-state index is 10.0. The van der Waals surface area contributed by atoms with E-state index in [2.05, 4.69) is 22.8 Å². The monoisotopic (exact) mass is 279 g/mol. The predicted molar refractivity (Wildman–Crippen MR) is 78.5 cm³/mol. The highest BCUT2D eigenvalue weighted by Crippen LogP contribution is 2.19. The molecular weight excluding hydrogens is 254 g/mol. The molecule has 0 saturated carbocycles. The van der Waals surface area contributed by atoms with Crippen molar-refractivity contribution in [2.24, 2.45) is 0 Å². The molecule has 0 aromatic carbocycles. The number of rotatable bonds is 6. The molecular formula is C15H25N3O2. The van der Waals surface area contributed by atoms with Gasteiger partial charge in [-0.15, -0.1) is 6.58 Å². The standard InChI is InChI=1S/C15H25N3O2/c1-5-6-18-8-13(12(4)16-18)7-17-9-14(19)15(10-17)20-11(2)3/h5,8,11,14-15,19H,1,6-7,9-10H2,2-4H3/t14-,15-/m0/s1. The molecule has 1 N–H and O–H groups in total. The minimum atomic E-state index is -0.402. The van der Waals surface area contributed by atoms with Crippen LogP contribution in [0.5, 0.6) is 0 Å². The van der Waals surface area contributed by atoms with E-state index in [0.717, 1.165) is 25.3 Å². The second-order valence-corrected chi connectivity index (χ2v) is 5.74. The highest BCUT2D eigenvalue weighted by atomic mass is 16.5. The fraction of sp³-hybridized carbons (Fsp3) is 0.667. The molecule has 0 unspecified atom stereocenters. The lowest BCUT2D eigenvalue weighted by atomic mass is 10.2. The van der Waals surface area contributed by atoms with Gasteiger partial charge in [0.05, 0.1) is 30.6 Å². The topological polar surface area (TPSA) is 50.5 Å². The minimum absolute atomic E-state index is 0.0847. The van der Waals surface area contributed by atoms with Gasteiger partial charge in [0.25, 0.3) is 0 Å². The first-order valence-corrected chi connectivity index (χ1v) is 7.19. The van der Waals surface area contributed by atoms with Crippen molar-refractivity contribution in [1.29, 1.82) is 0 Å². The number of aliphatic hydroxyl groups excluding tert-OH is 1. The van der Waals surface area contributed by atoms with Gasteiger partial charge >= 0.3 is 0 Å². The number of hydrogen-bond acceptors (Lipinski definition) is 4. The van der Waals surface area contributed by atoms with Crippen LogP contribution in [0, 0.1) is 6.92 Å². The Hall–Kier alpha value is -1.17. The van der Waals surface area contributed by atoms with Crippen LogP contribution in [0.1, 0.15) is 25.1 Å². The quantitative estimate of drug-likeness (QED) is 0.799. The number of likely N-dealkylation sites (tertiary alicyclic amines) is 1. The molecule has 0 amide bonds. The maximum Gasteiger partial charge on any atom is 0.0976 e. The smallest absolute Gasteiger partial charge is 0.0976 e. The molecule has 1 aliphatic rings. The van der Waals surface area contributed by atoms with Crippen LogP contribution in [0.25, 0.3) is 0 Å². The van der Waals surface area contributed by atoms with E-state index in [1.807, 2.05) is 31.5 Å². The van der Waals surface area contributed by atoms with E-state index in [1.165, 1.54) is 5.56 Å². The molecule has 1 fully saturated rings. The Morgan fingerprint density at radius 3 is 2.95 bits per heavy atom. The molecule has 2 rings (SSSR count). The van der Waals surface area contributed by atoms with Gasteiger partial charge in [-0.2, -0.15) is 5.10 Å². The van der Waals surface area contributed by atoms with Gasteiger partial charge in [-0.25, -0.2) is 0 Å². The Morgan fingerprint density at radius 1 is 1.55 bits per heavy atom. The number of allylic oxidation sites excluding steroid dienone is 1. The Balaban J connectivity index is 1.95. The van der Waals surface area contributed by atoms with E-state index in [1.54, 1.807) is 0 Å². The van der Waals surface area contributed by atoms with Crippen molar-refractivity contribution in [1.82, 2.24) is 14.7 Å². The van der Waals surface area contributed by atoms with Gasteiger partial charge in [0, 0.05) is 31.4 Å². The third-order valence-electron chi connectivity index (χ3n) is 3.52. The zero-order valence-electron chi connectivity index (χ0n) is 12.6. The average Bonchev–Trinajstić information content (AvgIpc) is 2.84. The molecule has 112 valence electrons. The minimum Gasteiger partial charge on any atom is -0.389 e. The normalized spacial score (nSPS) is 23.6. The number of β-amino-alcohol motifs (C(OH)–C–C–N with tert-alkyl or cyclic N) is 1. The molecule has 0 radical (unpaired) electrons. The van der Waals surface area contributed by atoms with Gasteiger partial charge in [0.15, 0.2) is 0 Å². The van der Waals surface area contributed by atoms with Crippen molar-refractivity contribution < 1.29 is 9.84 Å². The Bertz CT molecular complexity index is 456. The van der Waals surface area contributed by atoms with Crippen LogP contribution in [0.15, 0.2) is 18.9 Å². The lowest BCUT2D eigenvalue weighted by Gasteiger charge is -2.18. The summed E-state index contributed by atoms with van der Waals surface area (Å²) in [6.07, 6.45) is 3.55. The molecule has 0 bridgehead atoms.